The summed E-state index contributed by atoms with van der Waals surface area (Å²) in [6.07, 6.45) is 0.437. The Hall–Kier alpha value is -2.07. The van der Waals surface area contributed by atoms with Gasteiger partial charge in [0.15, 0.2) is 5.78 Å². The van der Waals surface area contributed by atoms with Gasteiger partial charge in [0.2, 0.25) is 0 Å². The lowest BCUT2D eigenvalue weighted by molar-refractivity contribution is 0.0999. The number of hydrogen-bond acceptors (Lipinski definition) is 5. The predicted molar refractivity (Wildman–Crippen MR) is 67.4 cm³/mol. The van der Waals surface area contributed by atoms with Gasteiger partial charge >= 0.3 is 0 Å². The van der Waals surface area contributed by atoms with Crippen LogP contribution >= 0.6 is 11.8 Å². The molecule has 0 aliphatic rings. The molecule has 0 radical (unpaired) electrons. The molecular weight excluding hydrogens is 254 g/mol. The van der Waals surface area contributed by atoms with E-state index < -0.39 is 11.5 Å². The largest absolute Gasteiger partial charge is 0.365 e. The number of hydrogen-bond donors (Lipinski definition) is 2. The molecule has 0 saturated carbocycles. The van der Waals surface area contributed by atoms with Crippen LogP contribution in [0.4, 0.5) is 0 Å². The first-order valence-electron chi connectivity index (χ1n) is 5.11. The second-order valence-corrected chi connectivity index (χ2v) is 4.19. The van der Waals surface area contributed by atoms with Crippen molar-refractivity contribution in [2.75, 3.05) is 5.75 Å². The zero-order chi connectivity index (χ0) is 13.7. The second-order valence-electron chi connectivity index (χ2n) is 3.43. The van der Waals surface area contributed by atoms with Gasteiger partial charge < -0.3 is 10.7 Å². The molecule has 0 aromatic carbocycles. The van der Waals surface area contributed by atoms with Crippen LogP contribution in [0.2, 0.25) is 0 Å². The van der Waals surface area contributed by atoms with E-state index in [0.717, 1.165) is 11.8 Å². The molecule has 0 fully saturated rings. The molecule has 1 aromatic rings. The number of pyridine rings is 1. The number of rotatable bonds is 5. The fourth-order valence-electron chi connectivity index (χ4n) is 1.45. The molecule has 18 heavy (non-hydrogen) atoms. The number of ketones is 1. The Kier molecular flexibility index (Phi) is 4.68. The molecule has 0 bridgehead atoms. The Morgan fingerprint density at radius 1 is 1.50 bits per heavy atom. The van der Waals surface area contributed by atoms with E-state index in [0.29, 0.717) is 12.1 Å². The van der Waals surface area contributed by atoms with Crippen LogP contribution in [0.15, 0.2) is 10.9 Å². The number of carbonyl (C=O) groups is 2. The summed E-state index contributed by atoms with van der Waals surface area (Å²) in [5.74, 6) is -1.24. The van der Waals surface area contributed by atoms with Crippen molar-refractivity contribution in [3.05, 3.63) is 33.2 Å². The van der Waals surface area contributed by atoms with Gasteiger partial charge in [0.1, 0.15) is 11.0 Å². The van der Waals surface area contributed by atoms with Crippen LogP contribution in [-0.2, 0) is 6.42 Å². The molecule has 94 valence electrons. The van der Waals surface area contributed by atoms with Crippen molar-refractivity contribution in [1.29, 1.82) is 5.26 Å². The summed E-state index contributed by atoms with van der Waals surface area (Å²) in [4.78, 5) is 36.8. The van der Waals surface area contributed by atoms with Crippen molar-refractivity contribution < 1.29 is 9.59 Å². The highest BCUT2D eigenvalue weighted by Gasteiger charge is 2.16. The Labute approximate surface area is 107 Å². The average Bonchev–Trinajstić information content (AvgIpc) is 2.34. The van der Waals surface area contributed by atoms with Gasteiger partial charge in [-0.05, 0) is 24.2 Å². The number of nitrogens with one attached hydrogen (secondary N) is 1. The van der Waals surface area contributed by atoms with Gasteiger partial charge in [0.25, 0.3) is 11.5 Å². The normalized spacial score (nSPS) is 9.78. The summed E-state index contributed by atoms with van der Waals surface area (Å²) in [7, 11) is 0. The maximum absolute atomic E-state index is 11.8. The van der Waals surface area contributed by atoms with E-state index in [2.05, 4.69) is 4.98 Å². The number of amides is 1. The first-order chi connectivity index (χ1) is 8.51. The van der Waals surface area contributed by atoms with Gasteiger partial charge in [-0.25, -0.2) is 0 Å². The number of aromatic nitrogens is 1. The highest BCUT2D eigenvalue weighted by molar-refractivity contribution is 8.04. The number of primary amides is 1. The minimum absolute atomic E-state index is 0.0340. The van der Waals surface area contributed by atoms with Crippen molar-refractivity contribution in [2.45, 2.75) is 13.3 Å². The molecular formula is C11H11N3O3S. The third kappa shape index (κ3) is 2.99. The Morgan fingerprint density at radius 3 is 2.67 bits per heavy atom. The van der Waals surface area contributed by atoms with E-state index in [1.54, 1.807) is 12.3 Å². The fourth-order valence-corrected chi connectivity index (χ4v) is 1.81. The van der Waals surface area contributed by atoms with Gasteiger partial charge in [-0.1, -0.05) is 6.92 Å². The van der Waals surface area contributed by atoms with Crippen molar-refractivity contribution in [3.8, 4) is 5.40 Å². The molecule has 1 heterocycles. The maximum Gasteiger partial charge on any atom is 0.261 e. The summed E-state index contributed by atoms with van der Waals surface area (Å²) in [6.45, 7) is 1.77. The SMILES string of the molecule is CCc1[nH]c(=O)c(C(N)=O)cc1C(=O)CSC#N. The minimum atomic E-state index is -0.888. The molecule has 0 aliphatic carbocycles. The summed E-state index contributed by atoms with van der Waals surface area (Å²) < 4.78 is 0. The van der Waals surface area contributed by atoms with Crippen molar-refractivity contribution >= 4 is 23.5 Å². The highest BCUT2D eigenvalue weighted by atomic mass is 32.2. The van der Waals surface area contributed by atoms with Gasteiger partial charge in [0.05, 0.1) is 5.75 Å². The molecule has 3 N–H and O–H groups in total. The summed E-state index contributed by atoms with van der Waals surface area (Å²) in [6, 6.07) is 1.19. The first-order valence-corrected chi connectivity index (χ1v) is 6.09. The van der Waals surface area contributed by atoms with Gasteiger partial charge in [-0.15, -0.1) is 0 Å². The Bertz CT molecular complexity index is 586. The van der Waals surface area contributed by atoms with Crippen LogP contribution < -0.4 is 11.3 Å². The number of aryl methyl sites for hydroxylation is 1. The number of nitrogens with zero attached hydrogens (tertiary/aromatic N) is 1. The third-order valence-electron chi connectivity index (χ3n) is 2.31. The lowest BCUT2D eigenvalue weighted by Crippen LogP contribution is -2.26. The summed E-state index contributed by atoms with van der Waals surface area (Å²) in [5.41, 5.74) is 4.86. The monoisotopic (exact) mass is 265 g/mol. The van der Waals surface area contributed by atoms with E-state index in [9.17, 15) is 14.4 Å². The molecule has 1 amide bonds. The van der Waals surface area contributed by atoms with E-state index in [1.165, 1.54) is 6.07 Å². The van der Waals surface area contributed by atoms with E-state index in [-0.39, 0.29) is 22.7 Å². The van der Waals surface area contributed by atoms with E-state index >= 15 is 0 Å². The Morgan fingerprint density at radius 2 is 2.17 bits per heavy atom. The first kappa shape index (κ1) is 14.0. The molecule has 0 aliphatic heterocycles. The number of thiocyanates is 1. The molecule has 7 heteroatoms. The number of thioether (sulfide) groups is 1. The van der Waals surface area contributed by atoms with Gasteiger partial charge in [0, 0.05) is 11.3 Å². The number of H-pyrrole nitrogens is 1. The van der Waals surface area contributed by atoms with Crippen LogP contribution in [0, 0.1) is 10.7 Å². The molecule has 6 nitrogen and oxygen atoms in total. The summed E-state index contributed by atoms with van der Waals surface area (Å²) >= 11 is 0.797. The zero-order valence-corrected chi connectivity index (χ0v) is 10.5. The Balaban J connectivity index is 3.29. The lowest BCUT2D eigenvalue weighted by atomic mass is 10.1. The molecule has 1 aromatic heterocycles. The number of carbonyl (C=O) groups excluding carboxylic acids is 2. The summed E-state index contributed by atoms with van der Waals surface area (Å²) in [5, 5.41) is 10.2. The smallest absolute Gasteiger partial charge is 0.261 e. The van der Waals surface area contributed by atoms with Crippen LogP contribution in [0.5, 0.6) is 0 Å². The van der Waals surface area contributed by atoms with Crippen molar-refractivity contribution in [3.63, 3.8) is 0 Å². The number of Topliss-reactive ketones (excluding diaryl/α,β-unsaturated/α-hetero) is 1. The lowest BCUT2D eigenvalue weighted by Gasteiger charge is -2.07. The average molecular weight is 265 g/mol. The second kappa shape index (κ2) is 6.02. The van der Waals surface area contributed by atoms with Gasteiger partial charge in [-0.2, -0.15) is 5.26 Å². The molecule has 0 atom stereocenters. The molecule has 0 spiro atoms. The number of nitrogens with two attached hydrogens (primary N) is 1. The maximum atomic E-state index is 11.8. The van der Waals surface area contributed by atoms with Crippen LogP contribution in [0.25, 0.3) is 0 Å². The number of aromatic amines is 1. The van der Waals surface area contributed by atoms with Crippen LogP contribution in [0.1, 0.15) is 33.3 Å². The topological polar surface area (TPSA) is 117 Å². The van der Waals surface area contributed by atoms with Crippen LogP contribution in [-0.4, -0.2) is 22.4 Å². The minimum Gasteiger partial charge on any atom is -0.365 e. The van der Waals surface area contributed by atoms with Gasteiger partial charge in [-0.3, -0.25) is 14.4 Å². The third-order valence-corrected chi connectivity index (χ3v) is 2.85. The van der Waals surface area contributed by atoms with Crippen LogP contribution in [0.3, 0.4) is 0 Å². The van der Waals surface area contributed by atoms with Crippen molar-refractivity contribution in [2.24, 2.45) is 5.73 Å². The standard InChI is InChI=1S/C11H11N3O3S/c1-2-8-6(9(15)4-18-5-12)3-7(10(13)16)11(17)14-8/h3H,2,4H2,1H3,(H2,13,16)(H,14,17). The quantitative estimate of drug-likeness (QED) is 0.591. The molecule has 0 unspecified atom stereocenters. The molecule has 0 saturated heterocycles. The number of nitriles is 1. The van der Waals surface area contributed by atoms with E-state index in [4.69, 9.17) is 11.0 Å². The molecule has 1 rings (SSSR count). The highest BCUT2D eigenvalue weighted by Crippen LogP contribution is 2.11. The van der Waals surface area contributed by atoms with Crippen molar-refractivity contribution in [1.82, 2.24) is 4.98 Å². The fraction of sp³-hybridized carbons (Fsp3) is 0.273. The zero-order valence-electron chi connectivity index (χ0n) is 9.65. The predicted octanol–water partition coefficient (Wildman–Crippen LogP) is 0.433. The van der Waals surface area contributed by atoms with E-state index in [1.807, 2.05) is 0 Å².